The fourth-order valence-electron chi connectivity index (χ4n) is 5.52. The van der Waals surface area contributed by atoms with Crippen LogP contribution in [-0.4, -0.2) is 34.8 Å². The number of piperidine rings is 1. The maximum absolute atomic E-state index is 13.7. The largest absolute Gasteiger partial charge is 0.457 e. The van der Waals surface area contributed by atoms with Gasteiger partial charge >= 0.3 is 6.18 Å². The number of carbonyl (C=O) groups is 2. The molecular formula is C31H33F3N4O3. The second-order valence-electron chi connectivity index (χ2n) is 10.8. The Bertz CT molecular complexity index is 1420. The zero-order valence-electron chi connectivity index (χ0n) is 22.9. The number of carbonyl (C=O) groups excluding carboxylic acids is 2. The van der Waals surface area contributed by atoms with Crippen LogP contribution in [0.1, 0.15) is 54.9 Å². The van der Waals surface area contributed by atoms with Crippen molar-refractivity contribution < 1.29 is 27.5 Å². The molecule has 2 aromatic carbocycles. The van der Waals surface area contributed by atoms with Gasteiger partial charge in [0, 0.05) is 37.3 Å². The number of rotatable bonds is 7. The molecule has 0 spiro atoms. The highest BCUT2D eigenvalue weighted by atomic mass is 19.4. The van der Waals surface area contributed by atoms with E-state index in [1.54, 1.807) is 18.2 Å². The molecule has 1 aromatic heterocycles. The summed E-state index contributed by atoms with van der Waals surface area (Å²) < 4.78 is 47.1. The van der Waals surface area contributed by atoms with Crippen LogP contribution in [0.5, 0.6) is 11.5 Å². The van der Waals surface area contributed by atoms with E-state index in [9.17, 15) is 22.8 Å². The van der Waals surface area contributed by atoms with Crippen molar-refractivity contribution in [1.82, 2.24) is 9.88 Å². The van der Waals surface area contributed by atoms with Crippen LogP contribution in [0.4, 0.5) is 24.7 Å². The summed E-state index contributed by atoms with van der Waals surface area (Å²) in [7, 11) is 0. The zero-order chi connectivity index (χ0) is 29.0. The number of halogens is 3. The highest BCUT2D eigenvalue weighted by Gasteiger charge is 2.32. The van der Waals surface area contributed by atoms with Gasteiger partial charge in [0.25, 0.3) is 0 Å². The van der Waals surface area contributed by atoms with Gasteiger partial charge in [-0.15, -0.1) is 0 Å². The van der Waals surface area contributed by atoms with Gasteiger partial charge in [-0.3, -0.25) is 14.5 Å². The van der Waals surface area contributed by atoms with E-state index >= 15 is 0 Å². The molecule has 1 saturated heterocycles. The minimum absolute atomic E-state index is 0.173. The lowest BCUT2D eigenvalue weighted by atomic mass is 9.83. The van der Waals surface area contributed by atoms with E-state index in [1.165, 1.54) is 19.2 Å². The maximum Gasteiger partial charge on any atom is 0.416 e. The van der Waals surface area contributed by atoms with Gasteiger partial charge in [-0.2, -0.15) is 13.2 Å². The third-order valence-corrected chi connectivity index (χ3v) is 7.49. The molecular weight excluding hydrogens is 533 g/mol. The first kappa shape index (κ1) is 28.6. The monoisotopic (exact) mass is 566 g/mol. The number of aryl methyl sites for hydroxylation is 1. The number of fused-ring (bicyclic) bond motifs is 1. The van der Waals surface area contributed by atoms with E-state index in [0.29, 0.717) is 48.7 Å². The topological polar surface area (TPSA) is 83.6 Å². The summed E-state index contributed by atoms with van der Waals surface area (Å²) in [6, 6.07) is 12.9. The molecule has 1 aliphatic carbocycles. The Kier molecular flexibility index (Phi) is 8.58. The molecule has 41 heavy (non-hydrogen) atoms. The number of amides is 2. The molecule has 7 nitrogen and oxygen atoms in total. The molecule has 0 radical (unpaired) electrons. The van der Waals surface area contributed by atoms with Gasteiger partial charge in [-0.25, -0.2) is 4.98 Å². The average molecular weight is 567 g/mol. The number of hydrogen-bond donors (Lipinski definition) is 2. The van der Waals surface area contributed by atoms with Crippen LogP contribution in [0.15, 0.2) is 54.7 Å². The normalized spacial score (nSPS) is 17.4. The fourth-order valence-corrected chi connectivity index (χ4v) is 5.52. The van der Waals surface area contributed by atoms with Crippen LogP contribution in [0.2, 0.25) is 0 Å². The number of nitrogens with zero attached hydrogens (tertiary/aromatic N) is 2. The molecule has 10 heteroatoms. The van der Waals surface area contributed by atoms with Crippen LogP contribution < -0.4 is 15.4 Å². The summed E-state index contributed by atoms with van der Waals surface area (Å²) in [5.74, 6) is 0.530. The van der Waals surface area contributed by atoms with E-state index in [4.69, 9.17) is 4.74 Å². The van der Waals surface area contributed by atoms with Crippen LogP contribution in [-0.2, 0) is 35.2 Å². The number of pyridine rings is 1. The maximum atomic E-state index is 13.7. The quantitative estimate of drug-likeness (QED) is 0.338. The highest BCUT2D eigenvalue weighted by molar-refractivity contribution is 5.93. The second-order valence-corrected chi connectivity index (χ2v) is 10.8. The molecule has 2 heterocycles. The van der Waals surface area contributed by atoms with Crippen molar-refractivity contribution in [1.29, 1.82) is 0 Å². The summed E-state index contributed by atoms with van der Waals surface area (Å²) in [6.07, 6.45) is 1.98. The summed E-state index contributed by atoms with van der Waals surface area (Å²) in [6.45, 7) is 3.55. The Morgan fingerprint density at radius 1 is 0.976 bits per heavy atom. The first-order chi connectivity index (χ1) is 19.6. The van der Waals surface area contributed by atoms with E-state index in [1.807, 2.05) is 18.2 Å². The Balaban J connectivity index is 1.28. The van der Waals surface area contributed by atoms with Crippen molar-refractivity contribution >= 4 is 23.3 Å². The van der Waals surface area contributed by atoms with Crippen molar-refractivity contribution in [2.75, 3.05) is 23.7 Å². The Morgan fingerprint density at radius 3 is 2.51 bits per heavy atom. The highest BCUT2D eigenvalue weighted by Crippen LogP contribution is 2.34. The Labute approximate surface area is 237 Å². The number of ether oxygens (including phenoxy) is 1. The number of hydrogen-bond acceptors (Lipinski definition) is 5. The molecule has 2 N–H and O–H groups in total. The molecule has 3 aromatic rings. The molecule has 216 valence electrons. The molecule has 0 bridgehead atoms. The standard InChI is InChI=1S/C31H33F3N4O3/c1-20(39)36-29-18-28(9-10-35-29)41-27-8-7-22-5-6-23(15-24(22)16-27)30(40)37-26-14-21(13-25(17-26)31(32,33)34)19-38-11-3-2-4-12-38/h7-10,13-14,16-18,23H,2-6,11-12,15,19H2,1H3,(H,37,40)(H,35,36,39). The number of benzene rings is 2. The van der Waals surface area contributed by atoms with E-state index < -0.39 is 11.7 Å². The van der Waals surface area contributed by atoms with Gasteiger partial charge < -0.3 is 15.4 Å². The van der Waals surface area contributed by atoms with Crippen molar-refractivity contribution in [2.45, 2.75) is 58.2 Å². The van der Waals surface area contributed by atoms with Crippen LogP contribution in [0.25, 0.3) is 0 Å². The van der Waals surface area contributed by atoms with Gasteiger partial charge in [0.1, 0.15) is 17.3 Å². The molecule has 1 fully saturated rings. The summed E-state index contributed by atoms with van der Waals surface area (Å²) in [5.41, 5.74) is 2.03. The van der Waals surface area contributed by atoms with Crippen molar-refractivity contribution in [2.24, 2.45) is 5.92 Å². The van der Waals surface area contributed by atoms with Gasteiger partial charge in [-0.1, -0.05) is 12.5 Å². The predicted octanol–water partition coefficient (Wildman–Crippen LogP) is 6.58. The SMILES string of the molecule is CC(=O)Nc1cc(Oc2ccc3c(c2)CC(C(=O)Nc2cc(CN4CCCCC4)cc(C(F)(F)F)c2)CC3)ccn1. The number of nitrogens with one attached hydrogen (secondary N) is 2. The van der Waals surface area contributed by atoms with Crippen molar-refractivity contribution in [3.63, 3.8) is 0 Å². The third-order valence-electron chi connectivity index (χ3n) is 7.49. The van der Waals surface area contributed by atoms with Crippen LogP contribution in [0, 0.1) is 5.92 Å². The molecule has 1 atom stereocenters. The minimum Gasteiger partial charge on any atom is -0.457 e. The predicted molar refractivity (Wildman–Crippen MR) is 150 cm³/mol. The van der Waals surface area contributed by atoms with Crippen LogP contribution in [0.3, 0.4) is 0 Å². The smallest absolute Gasteiger partial charge is 0.416 e. The molecule has 5 rings (SSSR count). The number of aromatic nitrogens is 1. The number of anilines is 2. The van der Waals surface area contributed by atoms with Gasteiger partial charge in [0.15, 0.2) is 0 Å². The van der Waals surface area contributed by atoms with E-state index in [-0.39, 0.29) is 23.4 Å². The fraction of sp³-hybridized carbons (Fsp3) is 0.387. The number of likely N-dealkylation sites (tertiary alicyclic amines) is 1. The lowest BCUT2D eigenvalue weighted by Crippen LogP contribution is -2.30. The van der Waals surface area contributed by atoms with Crippen LogP contribution >= 0.6 is 0 Å². The zero-order valence-corrected chi connectivity index (χ0v) is 22.9. The number of alkyl halides is 3. The first-order valence-electron chi connectivity index (χ1n) is 13.9. The summed E-state index contributed by atoms with van der Waals surface area (Å²) >= 11 is 0. The summed E-state index contributed by atoms with van der Waals surface area (Å²) in [5, 5.41) is 5.39. The molecule has 1 unspecified atom stereocenters. The average Bonchev–Trinajstić information content (AvgIpc) is 2.92. The molecule has 0 saturated carbocycles. The van der Waals surface area contributed by atoms with Crippen molar-refractivity contribution in [3.8, 4) is 11.5 Å². The molecule has 1 aliphatic heterocycles. The Morgan fingerprint density at radius 2 is 1.76 bits per heavy atom. The summed E-state index contributed by atoms with van der Waals surface area (Å²) in [4.78, 5) is 30.8. The third kappa shape index (κ3) is 7.64. The Hall–Kier alpha value is -3.92. The second kappa shape index (κ2) is 12.3. The first-order valence-corrected chi connectivity index (χ1v) is 13.9. The van der Waals surface area contributed by atoms with Gasteiger partial charge in [-0.05, 0) is 98.3 Å². The molecule has 2 aliphatic rings. The van der Waals surface area contributed by atoms with Gasteiger partial charge in [0.2, 0.25) is 11.8 Å². The molecule has 2 amide bonds. The lowest BCUT2D eigenvalue weighted by molar-refractivity contribution is -0.137. The lowest BCUT2D eigenvalue weighted by Gasteiger charge is -2.27. The van der Waals surface area contributed by atoms with E-state index in [2.05, 4.69) is 20.5 Å². The minimum atomic E-state index is -4.50. The van der Waals surface area contributed by atoms with Crippen molar-refractivity contribution in [3.05, 3.63) is 77.0 Å². The van der Waals surface area contributed by atoms with E-state index in [0.717, 1.165) is 49.5 Å². The van der Waals surface area contributed by atoms with Gasteiger partial charge in [0.05, 0.1) is 5.56 Å².